The van der Waals surface area contributed by atoms with E-state index in [1.54, 1.807) is 25.3 Å². The number of methoxy groups -OCH3 is 4. The second kappa shape index (κ2) is 23.9. The molecule has 0 saturated carbocycles. The fourth-order valence-corrected chi connectivity index (χ4v) is 12.2. The van der Waals surface area contributed by atoms with E-state index >= 15 is 0 Å². The summed E-state index contributed by atoms with van der Waals surface area (Å²) in [6.45, 7) is 12.7. The third-order valence-corrected chi connectivity index (χ3v) is 15.4. The van der Waals surface area contributed by atoms with Gasteiger partial charge < -0.3 is 29.5 Å². The van der Waals surface area contributed by atoms with E-state index < -0.39 is 31.3 Å². The predicted octanol–water partition coefficient (Wildman–Crippen LogP) is 10.2. The van der Waals surface area contributed by atoms with Crippen molar-refractivity contribution in [3.8, 4) is 23.0 Å². The standard InChI is InChI=1S/C23H31NO5S.C17H27NO4S.C6H6.C2H6/c1-5-7-13-23(6-2)16-30(26,27)21-15-20(29-4)19(28-3)14-18(21)22(24(23)25)17-11-9-8-10-12-17;1-5-7-8-17(6-2)12-23(19,20)16-10-15(22-4)14(21-3)9-13(16)11-18-17;1-2-4-6-5-3-1;1-2/h8-12,14-15,22,25H,5-7,13,16H2,1-4H3;9-10,18H,5-8,11-12H2,1-4H3;1-6H;1-2H3/t22-,23+;17-;;/m10../s1. The summed E-state index contributed by atoms with van der Waals surface area (Å²) < 4.78 is 74.5. The first-order chi connectivity index (χ1) is 29.2. The van der Waals surface area contributed by atoms with E-state index in [0.717, 1.165) is 49.7 Å². The maximum atomic E-state index is 13.6. The number of fused-ring (bicyclic) bond motifs is 2. The molecule has 0 fully saturated rings. The number of benzene rings is 4. The van der Waals surface area contributed by atoms with Crippen LogP contribution in [0.3, 0.4) is 0 Å². The molecule has 0 unspecified atom stereocenters. The lowest BCUT2D eigenvalue weighted by atomic mass is 9.87. The average molecular weight is 883 g/mol. The van der Waals surface area contributed by atoms with Crippen molar-refractivity contribution in [1.29, 1.82) is 0 Å². The van der Waals surface area contributed by atoms with Crippen LogP contribution in [-0.4, -0.2) is 78.1 Å². The van der Waals surface area contributed by atoms with E-state index in [9.17, 15) is 22.0 Å². The molecule has 338 valence electrons. The number of hydroxylamine groups is 2. The Morgan fingerprint density at radius 2 is 1.10 bits per heavy atom. The van der Waals surface area contributed by atoms with Gasteiger partial charge in [-0.05, 0) is 54.5 Å². The molecule has 2 N–H and O–H groups in total. The molecule has 0 aromatic heterocycles. The van der Waals surface area contributed by atoms with Crippen molar-refractivity contribution in [3.05, 3.63) is 108 Å². The highest BCUT2D eigenvalue weighted by Crippen LogP contribution is 2.47. The van der Waals surface area contributed by atoms with Gasteiger partial charge in [-0.2, -0.15) is 5.06 Å². The summed E-state index contributed by atoms with van der Waals surface area (Å²) in [5.41, 5.74) is 0.797. The molecule has 0 amide bonds. The maximum Gasteiger partial charge on any atom is 0.180 e. The van der Waals surface area contributed by atoms with Crippen LogP contribution in [0.15, 0.2) is 101 Å². The molecule has 0 bridgehead atoms. The Bertz CT molecular complexity index is 2130. The lowest BCUT2D eigenvalue weighted by Crippen LogP contribution is -2.51. The largest absolute Gasteiger partial charge is 0.493 e. The Hall–Kier alpha value is -4.14. The molecule has 2 aliphatic rings. The number of rotatable bonds is 13. The summed E-state index contributed by atoms with van der Waals surface area (Å²) in [5.74, 6) is 1.76. The van der Waals surface area contributed by atoms with E-state index in [2.05, 4.69) is 26.1 Å². The SMILES string of the molecule is CC.CCCC[C@@]1(CC)CS(=O)(=O)c2cc(OC)c(OC)cc2CN1.CCCC[C@@]1(CC)CS(=O)(=O)c2cc(OC)c(OC)cc2[C@@H](c2ccccc2)N1O.c1ccccc1. The van der Waals surface area contributed by atoms with Gasteiger partial charge >= 0.3 is 0 Å². The zero-order valence-corrected chi connectivity index (χ0v) is 39.6. The lowest BCUT2D eigenvalue weighted by molar-refractivity contribution is -0.193. The summed E-state index contributed by atoms with van der Waals surface area (Å²) in [4.78, 5) is 0.536. The Labute approximate surface area is 366 Å². The topological polar surface area (TPSA) is 141 Å². The molecule has 61 heavy (non-hydrogen) atoms. The van der Waals surface area contributed by atoms with Crippen molar-refractivity contribution in [2.45, 2.75) is 126 Å². The minimum atomic E-state index is -3.70. The van der Waals surface area contributed by atoms with Crippen molar-refractivity contribution in [2.75, 3.05) is 39.9 Å². The molecule has 0 aliphatic carbocycles. The molecule has 4 aromatic carbocycles. The molecule has 13 heteroatoms. The second-order valence-corrected chi connectivity index (χ2v) is 19.1. The van der Waals surface area contributed by atoms with E-state index in [1.807, 2.05) is 87.5 Å². The fraction of sp³-hybridized carbons (Fsp3) is 0.500. The van der Waals surface area contributed by atoms with Gasteiger partial charge in [0.2, 0.25) is 0 Å². The van der Waals surface area contributed by atoms with Gasteiger partial charge in [0.05, 0.1) is 61.3 Å². The average Bonchev–Trinajstić information content (AvgIpc) is 3.45. The molecule has 0 saturated heterocycles. The van der Waals surface area contributed by atoms with Crippen LogP contribution < -0.4 is 24.3 Å². The van der Waals surface area contributed by atoms with Gasteiger partial charge in [0, 0.05) is 24.2 Å². The Kier molecular flexibility index (Phi) is 20.1. The van der Waals surface area contributed by atoms with Crippen LogP contribution in [-0.2, 0) is 26.2 Å². The smallest absolute Gasteiger partial charge is 0.180 e. The number of nitrogens with one attached hydrogen (secondary N) is 1. The van der Waals surface area contributed by atoms with Crippen LogP contribution in [0.2, 0.25) is 0 Å². The molecule has 11 nitrogen and oxygen atoms in total. The van der Waals surface area contributed by atoms with Crippen LogP contribution in [0.5, 0.6) is 23.0 Å². The van der Waals surface area contributed by atoms with Crippen molar-refractivity contribution in [2.24, 2.45) is 0 Å². The third kappa shape index (κ3) is 12.5. The monoisotopic (exact) mass is 882 g/mol. The molecular formula is C48H70N2O9S2. The van der Waals surface area contributed by atoms with E-state index in [0.29, 0.717) is 52.8 Å². The number of hydrogen-bond donors (Lipinski definition) is 2. The molecular weight excluding hydrogens is 813 g/mol. The fourth-order valence-electron chi connectivity index (χ4n) is 7.92. The Morgan fingerprint density at radius 1 is 0.639 bits per heavy atom. The molecule has 4 aromatic rings. The number of ether oxygens (including phenoxy) is 4. The van der Waals surface area contributed by atoms with Crippen molar-refractivity contribution in [3.63, 3.8) is 0 Å². The number of hydrogen-bond acceptors (Lipinski definition) is 11. The van der Waals surface area contributed by atoms with Crippen LogP contribution in [0, 0.1) is 0 Å². The van der Waals surface area contributed by atoms with Gasteiger partial charge in [0.25, 0.3) is 0 Å². The highest BCUT2D eigenvalue weighted by atomic mass is 32.2. The Balaban J connectivity index is 0.000000282. The first-order valence-corrected chi connectivity index (χ1v) is 24.8. The number of unbranched alkanes of at least 4 members (excludes halogenated alkanes) is 2. The van der Waals surface area contributed by atoms with E-state index in [4.69, 9.17) is 18.9 Å². The molecule has 0 radical (unpaired) electrons. The minimum Gasteiger partial charge on any atom is -0.493 e. The van der Waals surface area contributed by atoms with Crippen LogP contribution in [0.4, 0.5) is 0 Å². The van der Waals surface area contributed by atoms with Gasteiger partial charge in [0.1, 0.15) is 0 Å². The molecule has 0 spiro atoms. The van der Waals surface area contributed by atoms with Gasteiger partial charge in [-0.3, -0.25) is 0 Å². The first kappa shape index (κ1) is 51.2. The van der Waals surface area contributed by atoms with Crippen LogP contribution in [0.1, 0.15) is 116 Å². The molecule has 2 aliphatic heterocycles. The lowest BCUT2D eigenvalue weighted by Gasteiger charge is -2.42. The zero-order chi connectivity index (χ0) is 45.3. The van der Waals surface area contributed by atoms with Crippen molar-refractivity contribution >= 4 is 19.7 Å². The van der Waals surface area contributed by atoms with Crippen molar-refractivity contribution < 1.29 is 41.0 Å². The van der Waals surface area contributed by atoms with Crippen LogP contribution >= 0.6 is 0 Å². The highest BCUT2D eigenvalue weighted by Gasteiger charge is 2.48. The molecule has 2 heterocycles. The van der Waals surface area contributed by atoms with Gasteiger partial charge in [-0.25, -0.2) is 16.8 Å². The Morgan fingerprint density at radius 3 is 1.59 bits per heavy atom. The van der Waals surface area contributed by atoms with Crippen LogP contribution in [0.25, 0.3) is 0 Å². The maximum absolute atomic E-state index is 13.6. The number of nitrogens with zero attached hydrogens (tertiary/aromatic N) is 1. The third-order valence-electron chi connectivity index (χ3n) is 11.5. The summed E-state index contributed by atoms with van der Waals surface area (Å²) in [7, 11) is -1.01. The van der Waals surface area contributed by atoms with E-state index in [1.165, 1.54) is 32.5 Å². The first-order valence-electron chi connectivity index (χ1n) is 21.5. The normalized spacial score (nSPS) is 21.1. The second-order valence-electron chi connectivity index (χ2n) is 15.2. The summed E-state index contributed by atoms with van der Waals surface area (Å²) in [5, 5.41) is 16.4. The van der Waals surface area contributed by atoms with Gasteiger partial charge in [0.15, 0.2) is 42.7 Å². The minimum absolute atomic E-state index is 0.124. The van der Waals surface area contributed by atoms with Crippen molar-refractivity contribution in [1.82, 2.24) is 10.4 Å². The summed E-state index contributed by atoms with van der Waals surface area (Å²) >= 11 is 0. The zero-order valence-electron chi connectivity index (χ0n) is 38.0. The van der Waals surface area contributed by atoms with Gasteiger partial charge in [-0.1, -0.05) is 134 Å². The van der Waals surface area contributed by atoms with Gasteiger partial charge in [-0.15, -0.1) is 0 Å². The molecule has 6 rings (SSSR count). The summed E-state index contributed by atoms with van der Waals surface area (Å²) in [6.07, 6.45) is 6.55. The predicted molar refractivity (Wildman–Crippen MR) is 245 cm³/mol. The number of sulfone groups is 2. The summed E-state index contributed by atoms with van der Waals surface area (Å²) in [6, 6.07) is 27.4. The van der Waals surface area contributed by atoms with E-state index in [-0.39, 0.29) is 21.9 Å². The quantitative estimate of drug-likeness (QED) is 0.133. The highest BCUT2D eigenvalue weighted by molar-refractivity contribution is 7.91. The molecule has 3 atom stereocenters.